The van der Waals surface area contributed by atoms with Crippen molar-refractivity contribution in [3.8, 4) is 5.75 Å². The minimum atomic E-state index is 0.286. The summed E-state index contributed by atoms with van der Waals surface area (Å²) in [6.07, 6.45) is 0. The van der Waals surface area contributed by atoms with Crippen LogP contribution in [0.2, 0.25) is 15.1 Å². The average molecular weight is 210 g/mol. The van der Waals surface area contributed by atoms with Crippen molar-refractivity contribution in [2.45, 2.75) is 0 Å². The van der Waals surface area contributed by atoms with Gasteiger partial charge in [-0.05, 0) is 12.1 Å². The number of hydrogen-bond donors (Lipinski definition) is 0. The molecule has 0 heterocycles. The molecule has 0 saturated carbocycles. The van der Waals surface area contributed by atoms with E-state index in [0.717, 1.165) is 0 Å². The molecule has 0 spiro atoms. The first-order valence-corrected chi connectivity index (χ1v) is 3.85. The molecule has 1 rings (SSSR count). The molecule has 0 saturated heterocycles. The molecule has 0 fully saturated rings. The minimum absolute atomic E-state index is 0.286. The standard InChI is InChI=1S/C7H4Cl3O/c1-11-5-3-2-4(8)6(9)7(5)10/h2-3H,1H2. The van der Waals surface area contributed by atoms with Crippen LogP contribution in [0.1, 0.15) is 0 Å². The highest BCUT2D eigenvalue weighted by Crippen LogP contribution is 2.36. The smallest absolute Gasteiger partial charge is 0.139 e. The van der Waals surface area contributed by atoms with Gasteiger partial charge in [-0.1, -0.05) is 34.8 Å². The summed E-state index contributed by atoms with van der Waals surface area (Å²) in [4.78, 5) is 0. The lowest BCUT2D eigenvalue weighted by Gasteiger charge is -2.04. The van der Waals surface area contributed by atoms with E-state index < -0.39 is 0 Å². The molecule has 0 aliphatic carbocycles. The number of benzene rings is 1. The quantitative estimate of drug-likeness (QED) is 0.640. The summed E-state index contributed by atoms with van der Waals surface area (Å²) < 4.78 is 4.66. The second-order valence-electron chi connectivity index (χ2n) is 1.82. The molecule has 0 aromatic heterocycles. The van der Waals surface area contributed by atoms with E-state index in [0.29, 0.717) is 10.8 Å². The molecule has 4 heteroatoms. The van der Waals surface area contributed by atoms with Crippen LogP contribution in [-0.2, 0) is 0 Å². The van der Waals surface area contributed by atoms with Gasteiger partial charge in [0.25, 0.3) is 0 Å². The van der Waals surface area contributed by atoms with Crippen LogP contribution in [-0.4, -0.2) is 0 Å². The van der Waals surface area contributed by atoms with Crippen molar-refractivity contribution in [3.05, 3.63) is 34.3 Å². The Hall–Kier alpha value is -0.110. The number of halogens is 3. The third-order valence-corrected chi connectivity index (χ3v) is 2.43. The molecular formula is C7H4Cl3O. The predicted molar refractivity (Wildman–Crippen MR) is 47.5 cm³/mol. The van der Waals surface area contributed by atoms with Crippen molar-refractivity contribution in [1.82, 2.24) is 0 Å². The Morgan fingerprint density at radius 1 is 1.09 bits per heavy atom. The van der Waals surface area contributed by atoms with E-state index in [1.54, 1.807) is 12.1 Å². The summed E-state index contributed by atoms with van der Waals surface area (Å²) in [7, 11) is 3.20. The maximum Gasteiger partial charge on any atom is 0.139 e. The summed E-state index contributed by atoms with van der Waals surface area (Å²) in [5, 5.41) is 0.973. The van der Waals surface area contributed by atoms with E-state index in [-0.39, 0.29) is 10.0 Å². The number of hydrogen-bond acceptors (Lipinski definition) is 1. The molecular weight excluding hydrogens is 206 g/mol. The van der Waals surface area contributed by atoms with E-state index in [1.165, 1.54) is 0 Å². The Morgan fingerprint density at radius 3 is 2.27 bits per heavy atom. The molecule has 1 aromatic rings. The highest BCUT2D eigenvalue weighted by molar-refractivity contribution is 6.48. The molecule has 1 aromatic carbocycles. The Kier molecular flexibility index (Phi) is 2.88. The van der Waals surface area contributed by atoms with Gasteiger partial charge in [-0.15, -0.1) is 0 Å². The van der Waals surface area contributed by atoms with Gasteiger partial charge in [0.05, 0.1) is 10.0 Å². The van der Waals surface area contributed by atoms with Crippen LogP contribution in [0.15, 0.2) is 12.1 Å². The largest absolute Gasteiger partial charge is 0.488 e. The summed E-state index contributed by atoms with van der Waals surface area (Å²) in [5.74, 6) is 0.418. The molecule has 0 unspecified atom stereocenters. The van der Waals surface area contributed by atoms with E-state index in [1.807, 2.05) is 0 Å². The van der Waals surface area contributed by atoms with Gasteiger partial charge in [-0.25, -0.2) is 0 Å². The maximum absolute atomic E-state index is 5.72. The second-order valence-corrected chi connectivity index (χ2v) is 2.98. The van der Waals surface area contributed by atoms with Crippen LogP contribution in [0.25, 0.3) is 0 Å². The van der Waals surface area contributed by atoms with Crippen molar-refractivity contribution in [2.24, 2.45) is 0 Å². The van der Waals surface area contributed by atoms with Crippen LogP contribution in [0.4, 0.5) is 0 Å². The third-order valence-electron chi connectivity index (χ3n) is 1.16. The molecule has 0 atom stereocenters. The van der Waals surface area contributed by atoms with Crippen LogP contribution in [0.5, 0.6) is 5.75 Å². The predicted octanol–water partition coefficient (Wildman–Crippen LogP) is 3.82. The highest BCUT2D eigenvalue weighted by Gasteiger charge is 2.07. The second kappa shape index (κ2) is 3.53. The first-order chi connectivity index (χ1) is 5.16. The lowest BCUT2D eigenvalue weighted by Crippen LogP contribution is -1.81. The molecule has 0 bridgehead atoms. The van der Waals surface area contributed by atoms with Gasteiger partial charge in [0.2, 0.25) is 0 Å². The monoisotopic (exact) mass is 209 g/mol. The zero-order valence-corrected chi connectivity index (χ0v) is 7.67. The fourth-order valence-electron chi connectivity index (χ4n) is 0.620. The van der Waals surface area contributed by atoms with Crippen LogP contribution < -0.4 is 4.74 Å². The molecule has 0 N–H and O–H groups in total. The van der Waals surface area contributed by atoms with Gasteiger partial charge >= 0.3 is 0 Å². The van der Waals surface area contributed by atoms with E-state index in [9.17, 15) is 0 Å². The Morgan fingerprint density at radius 2 is 1.73 bits per heavy atom. The number of rotatable bonds is 1. The Bertz CT molecular complexity index is 273. The SMILES string of the molecule is [CH2]Oc1ccc(Cl)c(Cl)c1Cl. The van der Waals surface area contributed by atoms with Crippen molar-refractivity contribution in [2.75, 3.05) is 0 Å². The fourth-order valence-corrected chi connectivity index (χ4v) is 1.20. The minimum Gasteiger partial charge on any atom is -0.488 e. The fraction of sp³-hybridized carbons (Fsp3) is 0. The summed E-state index contributed by atoms with van der Waals surface area (Å²) in [6, 6.07) is 3.19. The van der Waals surface area contributed by atoms with Gasteiger partial charge < -0.3 is 4.74 Å². The molecule has 1 nitrogen and oxygen atoms in total. The van der Waals surface area contributed by atoms with Crippen LogP contribution in [0, 0.1) is 7.11 Å². The van der Waals surface area contributed by atoms with Crippen LogP contribution >= 0.6 is 34.8 Å². The normalized spacial score (nSPS) is 9.82. The van der Waals surface area contributed by atoms with E-state index >= 15 is 0 Å². The van der Waals surface area contributed by atoms with Gasteiger partial charge in [-0.3, -0.25) is 0 Å². The molecule has 59 valence electrons. The topological polar surface area (TPSA) is 9.23 Å². The van der Waals surface area contributed by atoms with E-state index in [4.69, 9.17) is 34.8 Å². The summed E-state index contributed by atoms with van der Waals surface area (Å²) in [6.45, 7) is 0. The zero-order chi connectivity index (χ0) is 8.43. The van der Waals surface area contributed by atoms with Gasteiger partial charge in [-0.2, -0.15) is 0 Å². The lowest BCUT2D eigenvalue weighted by atomic mass is 10.3. The maximum atomic E-state index is 5.72. The summed E-state index contributed by atoms with van der Waals surface area (Å²) >= 11 is 17.1. The van der Waals surface area contributed by atoms with Gasteiger partial charge in [0, 0.05) is 0 Å². The molecule has 0 aliphatic heterocycles. The third kappa shape index (κ3) is 1.73. The number of ether oxygens (including phenoxy) is 1. The average Bonchev–Trinajstić information content (AvgIpc) is 2.01. The van der Waals surface area contributed by atoms with Gasteiger partial charge in [0.1, 0.15) is 17.9 Å². The molecule has 11 heavy (non-hydrogen) atoms. The van der Waals surface area contributed by atoms with Crippen LogP contribution in [0.3, 0.4) is 0 Å². The molecule has 0 amide bonds. The van der Waals surface area contributed by atoms with Crippen molar-refractivity contribution in [1.29, 1.82) is 0 Å². The first-order valence-electron chi connectivity index (χ1n) is 2.72. The Labute approximate surface area is 79.8 Å². The lowest BCUT2D eigenvalue weighted by molar-refractivity contribution is 0.473. The molecule has 0 aliphatic rings. The molecule has 1 radical (unpaired) electrons. The first kappa shape index (κ1) is 8.98. The summed E-state index contributed by atoms with van der Waals surface area (Å²) in [5.41, 5.74) is 0. The van der Waals surface area contributed by atoms with Crippen molar-refractivity contribution in [3.63, 3.8) is 0 Å². The highest BCUT2D eigenvalue weighted by atomic mass is 35.5. The zero-order valence-electron chi connectivity index (χ0n) is 5.40. The van der Waals surface area contributed by atoms with Gasteiger partial charge in [0.15, 0.2) is 0 Å². The Balaban J connectivity index is 3.25. The van der Waals surface area contributed by atoms with Crippen molar-refractivity contribution < 1.29 is 4.74 Å². The van der Waals surface area contributed by atoms with E-state index in [2.05, 4.69) is 11.8 Å². The van der Waals surface area contributed by atoms with Crippen molar-refractivity contribution >= 4 is 34.8 Å².